The minimum Gasteiger partial charge on any atom is -0.508 e. The van der Waals surface area contributed by atoms with E-state index in [0.29, 0.717) is 17.8 Å². The van der Waals surface area contributed by atoms with Crippen molar-refractivity contribution in [1.82, 2.24) is 19.9 Å². The lowest BCUT2D eigenvalue weighted by Gasteiger charge is -2.25. The predicted molar refractivity (Wildman–Crippen MR) is 77.2 cm³/mol. The maximum Gasteiger partial charge on any atom is 0.244 e. The molecule has 1 aromatic heterocycles. The number of nitrogens with zero attached hydrogens (tertiary/aromatic N) is 4. The second-order valence-corrected chi connectivity index (χ2v) is 4.85. The first-order chi connectivity index (χ1) is 10.0. The molecule has 0 aliphatic heterocycles. The maximum absolute atomic E-state index is 12.3. The fourth-order valence-corrected chi connectivity index (χ4v) is 2.02. The molecule has 0 spiro atoms. The van der Waals surface area contributed by atoms with E-state index in [1.807, 2.05) is 13.0 Å². The third-order valence-electron chi connectivity index (χ3n) is 3.45. The lowest BCUT2D eigenvalue weighted by atomic mass is 10.1. The number of likely N-dealkylation sites (N-methyl/N-ethyl adjacent to an activating group) is 1. The molecule has 1 unspecified atom stereocenters. The number of aromatic nitrogens is 3. The normalized spacial score (nSPS) is 12.1. The smallest absolute Gasteiger partial charge is 0.244 e. The molecule has 0 radical (unpaired) electrons. The summed E-state index contributed by atoms with van der Waals surface area (Å²) in [7, 11) is 1.69. The van der Waals surface area contributed by atoms with Gasteiger partial charge < -0.3 is 15.7 Å². The summed E-state index contributed by atoms with van der Waals surface area (Å²) in [4.78, 5) is 13.8. The van der Waals surface area contributed by atoms with Crippen LogP contribution in [0, 0.1) is 0 Å². The largest absolute Gasteiger partial charge is 0.508 e. The van der Waals surface area contributed by atoms with Crippen LogP contribution in [0.2, 0.25) is 0 Å². The molecule has 3 N–H and O–H groups in total. The van der Waals surface area contributed by atoms with Crippen molar-refractivity contribution in [2.45, 2.75) is 26.1 Å². The lowest BCUT2D eigenvalue weighted by molar-refractivity contribution is -0.132. The quantitative estimate of drug-likeness (QED) is 0.843. The van der Waals surface area contributed by atoms with Gasteiger partial charge in [-0.1, -0.05) is 23.4 Å². The van der Waals surface area contributed by atoms with Gasteiger partial charge in [0.15, 0.2) is 0 Å². The standard InChI is InChI=1S/C14H19N5O2/c1-10(12-5-3-4-6-13(12)20)18(2)14(21)9-19-8-11(7-15)16-17-19/h3-6,8,10,20H,7,9,15H2,1-2H3. The second-order valence-electron chi connectivity index (χ2n) is 4.85. The second kappa shape index (κ2) is 6.36. The Morgan fingerprint density at radius 3 is 2.81 bits per heavy atom. The van der Waals surface area contributed by atoms with Crippen molar-refractivity contribution < 1.29 is 9.90 Å². The van der Waals surface area contributed by atoms with Crippen molar-refractivity contribution in [2.24, 2.45) is 5.73 Å². The third-order valence-corrected chi connectivity index (χ3v) is 3.45. The molecule has 0 bridgehead atoms. The number of phenols is 1. The van der Waals surface area contributed by atoms with Gasteiger partial charge in [-0.3, -0.25) is 4.79 Å². The number of nitrogens with two attached hydrogens (primary N) is 1. The summed E-state index contributed by atoms with van der Waals surface area (Å²) in [6, 6.07) is 6.74. The van der Waals surface area contributed by atoms with E-state index in [9.17, 15) is 9.90 Å². The highest BCUT2D eigenvalue weighted by molar-refractivity contribution is 5.76. The van der Waals surface area contributed by atoms with Crippen LogP contribution < -0.4 is 5.73 Å². The molecule has 7 nitrogen and oxygen atoms in total. The lowest BCUT2D eigenvalue weighted by Crippen LogP contribution is -2.32. The van der Waals surface area contributed by atoms with Crippen LogP contribution in [0.25, 0.3) is 0 Å². The van der Waals surface area contributed by atoms with Gasteiger partial charge >= 0.3 is 0 Å². The van der Waals surface area contributed by atoms with Gasteiger partial charge in [0.2, 0.25) is 5.91 Å². The summed E-state index contributed by atoms with van der Waals surface area (Å²) in [6.07, 6.45) is 1.65. The van der Waals surface area contributed by atoms with Crippen LogP contribution in [0.4, 0.5) is 0 Å². The monoisotopic (exact) mass is 289 g/mol. The Hall–Kier alpha value is -2.41. The molecule has 7 heteroatoms. The Bertz CT molecular complexity index is 625. The molecule has 1 atom stereocenters. The van der Waals surface area contributed by atoms with E-state index in [1.165, 1.54) is 4.68 Å². The molecule has 0 saturated carbocycles. The van der Waals surface area contributed by atoms with E-state index in [-0.39, 0.29) is 24.2 Å². The molecule has 1 aromatic carbocycles. The minimum absolute atomic E-state index is 0.0848. The van der Waals surface area contributed by atoms with Gasteiger partial charge in [0, 0.05) is 19.2 Å². The highest BCUT2D eigenvalue weighted by Crippen LogP contribution is 2.27. The number of rotatable bonds is 5. The van der Waals surface area contributed by atoms with Crippen LogP contribution in [-0.2, 0) is 17.9 Å². The summed E-state index contributed by atoms with van der Waals surface area (Å²) < 4.78 is 1.46. The average Bonchev–Trinajstić information content (AvgIpc) is 2.93. The molecular weight excluding hydrogens is 270 g/mol. The number of hydrogen-bond donors (Lipinski definition) is 2. The van der Waals surface area contributed by atoms with E-state index >= 15 is 0 Å². The van der Waals surface area contributed by atoms with Gasteiger partial charge in [-0.05, 0) is 13.0 Å². The van der Waals surface area contributed by atoms with Crippen molar-refractivity contribution in [1.29, 1.82) is 0 Å². The van der Waals surface area contributed by atoms with Crippen molar-refractivity contribution >= 4 is 5.91 Å². The van der Waals surface area contributed by atoms with Crippen LogP contribution in [0.5, 0.6) is 5.75 Å². The molecule has 1 amide bonds. The first-order valence-corrected chi connectivity index (χ1v) is 6.65. The molecule has 0 fully saturated rings. The molecule has 0 aliphatic rings. The van der Waals surface area contributed by atoms with Gasteiger partial charge in [-0.15, -0.1) is 5.10 Å². The first-order valence-electron chi connectivity index (χ1n) is 6.65. The Kier molecular flexibility index (Phi) is 4.54. The summed E-state index contributed by atoms with van der Waals surface area (Å²) in [6.45, 7) is 2.24. The zero-order valence-electron chi connectivity index (χ0n) is 12.1. The minimum atomic E-state index is -0.240. The summed E-state index contributed by atoms with van der Waals surface area (Å²) in [5.74, 6) is 0.0510. The highest BCUT2D eigenvalue weighted by atomic mass is 16.3. The van der Waals surface area contributed by atoms with Crippen molar-refractivity contribution in [3.63, 3.8) is 0 Å². The maximum atomic E-state index is 12.3. The molecule has 2 rings (SSSR count). The van der Waals surface area contributed by atoms with E-state index in [4.69, 9.17) is 5.73 Å². The number of para-hydroxylation sites is 1. The van der Waals surface area contributed by atoms with E-state index < -0.39 is 0 Å². The number of benzene rings is 1. The molecule has 0 aliphatic carbocycles. The number of amides is 1. The number of carbonyl (C=O) groups is 1. The Morgan fingerprint density at radius 1 is 1.48 bits per heavy atom. The molecule has 112 valence electrons. The predicted octanol–water partition coefficient (Wildman–Crippen LogP) is 0.662. The van der Waals surface area contributed by atoms with Crippen molar-refractivity contribution in [3.8, 4) is 5.75 Å². The molecule has 0 saturated heterocycles. The summed E-state index contributed by atoms with van der Waals surface area (Å²) in [5, 5.41) is 17.5. The van der Waals surface area contributed by atoms with Crippen LogP contribution in [0.15, 0.2) is 30.5 Å². The zero-order valence-corrected chi connectivity index (χ0v) is 12.1. The van der Waals surface area contributed by atoms with Gasteiger partial charge in [0.25, 0.3) is 0 Å². The number of hydrogen-bond acceptors (Lipinski definition) is 5. The zero-order chi connectivity index (χ0) is 15.4. The Morgan fingerprint density at radius 2 is 2.19 bits per heavy atom. The molecular formula is C14H19N5O2. The fourth-order valence-electron chi connectivity index (χ4n) is 2.02. The van der Waals surface area contributed by atoms with Gasteiger partial charge in [-0.25, -0.2) is 4.68 Å². The Labute approximate surface area is 123 Å². The van der Waals surface area contributed by atoms with Gasteiger partial charge in [-0.2, -0.15) is 0 Å². The number of carbonyl (C=O) groups excluding carboxylic acids is 1. The molecule has 1 heterocycles. The first kappa shape index (κ1) is 15.0. The van der Waals surface area contributed by atoms with Gasteiger partial charge in [0.05, 0.1) is 17.9 Å². The summed E-state index contributed by atoms with van der Waals surface area (Å²) in [5.41, 5.74) is 6.80. The van der Waals surface area contributed by atoms with Crippen molar-refractivity contribution in [2.75, 3.05) is 7.05 Å². The highest BCUT2D eigenvalue weighted by Gasteiger charge is 2.20. The fraction of sp³-hybridized carbons (Fsp3) is 0.357. The third kappa shape index (κ3) is 3.38. The summed E-state index contributed by atoms with van der Waals surface area (Å²) >= 11 is 0. The Balaban J connectivity index is 2.06. The van der Waals surface area contributed by atoms with Gasteiger partial charge in [0.1, 0.15) is 12.3 Å². The van der Waals surface area contributed by atoms with E-state index in [1.54, 1.807) is 36.3 Å². The topological polar surface area (TPSA) is 97.3 Å². The SMILES string of the molecule is CC(c1ccccc1O)N(C)C(=O)Cn1cc(CN)nn1. The van der Waals surface area contributed by atoms with Crippen molar-refractivity contribution in [3.05, 3.63) is 41.7 Å². The van der Waals surface area contributed by atoms with Crippen LogP contribution in [0.1, 0.15) is 24.2 Å². The average molecular weight is 289 g/mol. The number of phenolic OH excluding ortho intramolecular Hbond substituents is 1. The van der Waals surface area contributed by atoms with Crippen LogP contribution in [0.3, 0.4) is 0 Å². The number of aromatic hydroxyl groups is 1. The van der Waals surface area contributed by atoms with E-state index in [2.05, 4.69) is 10.3 Å². The molecule has 2 aromatic rings. The molecule has 21 heavy (non-hydrogen) atoms. The van der Waals surface area contributed by atoms with Crippen LogP contribution in [-0.4, -0.2) is 38.0 Å². The van der Waals surface area contributed by atoms with Crippen LogP contribution >= 0.6 is 0 Å². The van der Waals surface area contributed by atoms with E-state index in [0.717, 1.165) is 0 Å².